The number of aliphatic hydroxyl groups is 1. The van der Waals surface area contributed by atoms with Crippen LogP contribution in [0.3, 0.4) is 0 Å². The summed E-state index contributed by atoms with van der Waals surface area (Å²) in [7, 11) is 0. The van der Waals surface area contributed by atoms with E-state index in [1.807, 2.05) is 35.2 Å². The number of rotatable bonds is 4. The molecular weight excluding hydrogens is 454 g/mol. The van der Waals surface area contributed by atoms with Crippen molar-refractivity contribution in [3.63, 3.8) is 0 Å². The Morgan fingerprint density at radius 1 is 1.03 bits per heavy atom. The zero-order valence-electron chi connectivity index (χ0n) is 20.6. The van der Waals surface area contributed by atoms with Gasteiger partial charge in [-0.25, -0.2) is 4.79 Å². The van der Waals surface area contributed by atoms with Crippen molar-refractivity contribution >= 4 is 16.9 Å². The molecule has 3 aliphatic rings. The molecule has 6 heteroatoms. The molecule has 36 heavy (non-hydrogen) atoms. The zero-order chi connectivity index (χ0) is 24.7. The monoisotopic (exact) mass is 487 g/mol. The Labute approximate surface area is 210 Å². The molecule has 1 saturated carbocycles. The van der Waals surface area contributed by atoms with Gasteiger partial charge in [-0.15, -0.1) is 0 Å². The number of hydrogen-bond acceptors (Lipinski definition) is 5. The van der Waals surface area contributed by atoms with E-state index in [0.29, 0.717) is 24.3 Å². The molecule has 1 saturated heterocycles. The average molecular weight is 488 g/mol. The summed E-state index contributed by atoms with van der Waals surface area (Å²) >= 11 is 0. The van der Waals surface area contributed by atoms with Crippen LogP contribution in [-0.2, 0) is 17.6 Å². The van der Waals surface area contributed by atoms with Crippen molar-refractivity contribution in [3.8, 4) is 5.75 Å². The van der Waals surface area contributed by atoms with E-state index in [1.54, 1.807) is 6.07 Å². The summed E-state index contributed by atoms with van der Waals surface area (Å²) in [5.41, 5.74) is 2.49. The fraction of sp³-hybridized carbons (Fsp3) is 0.467. The Kier molecular flexibility index (Phi) is 6.08. The fourth-order valence-electron chi connectivity index (χ4n) is 6.77. The van der Waals surface area contributed by atoms with Gasteiger partial charge in [0.05, 0.1) is 11.6 Å². The average Bonchev–Trinajstić information content (AvgIpc) is 2.91. The molecule has 2 aromatic carbocycles. The second-order valence-corrected chi connectivity index (χ2v) is 10.6. The van der Waals surface area contributed by atoms with Crippen LogP contribution in [0, 0.1) is 5.92 Å². The van der Waals surface area contributed by atoms with Crippen molar-refractivity contribution in [1.29, 1.82) is 0 Å². The van der Waals surface area contributed by atoms with E-state index in [2.05, 4.69) is 12.1 Å². The fourth-order valence-corrected chi connectivity index (χ4v) is 6.77. The number of amides is 1. The molecule has 1 aromatic heterocycles. The molecule has 188 valence electrons. The third kappa shape index (κ3) is 4.11. The summed E-state index contributed by atoms with van der Waals surface area (Å²) in [6.07, 6.45) is 8.17. The molecule has 0 spiro atoms. The van der Waals surface area contributed by atoms with Gasteiger partial charge < -0.3 is 19.2 Å². The molecule has 0 bridgehead atoms. The first-order valence-electron chi connectivity index (χ1n) is 13.3. The van der Waals surface area contributed by atoms with Gasteiger partial charge in [0.15, 0.2) is 6.61 Å². The summed E-state index contributed by atoms with van der Waals surface area (Å²) in [4.78, 5) is 27.9. The lowest BCUT2D eigenvalue weighted by atomic mass is 9.66. The minimum atomic E-state index is -0.717. The molecule has 3 aromatic rings. The maximum atomic E-state index is 13.5. The highest BCUT2D eigenvalue weighted by Gasteiger charge is 2.50. The Bertz CT molecular complexity index is 1330. The highest BCUT2D eigenvalue weighted by atomic mass is 16.5. The number of hydrogen-bond donors (Lipinski definition) is 1. The van der Waals surface area contributed by atoms with Crippen LogP contribution < -0.4 is 10.4 Å². The molecule has 6 rings (SSSR count). The summed E-state index contributed by atoms with van der Waals surface area (Å²) in [6.45, 7) is 0.405. The number of fused-ring (bicyclic) bond motifs is 4. The number of carbonyl (C=O) groups excluding carboxylic acids is 1. The van der Waals surface area contributed by atoms with Gasteiger partial charge in [-0.2, -0.15) is 0 Å². The summed E-state index contributed by atoms with van der Waals surface area (Å²) in [6, 6.07) is 15.4. The van der Waals surface area contributed by atoms with E-state index in [-0.39, 0.29) is 30.1 Å². The van der Waals surface area contributed by atoms with Gasteiger partial charge in [-0.3, -0.25) is 4.79 Å². The number of nitrogens with zero attached hydrogens (tertiary/aromatic N) is 1. The van der Waals surface area contributed by atoms with Crippen LogP contribution in [0.1, 0.15) is 67.7 Å². The van der Waals surface area contributed by atoms with Crippen LogP contribution in [0.4, 0.5) is 0 Å². The van der Waals surface area contributed by atoms with E-state index < -0.39 is 5.60 Å². The molecule has 1 N–H and O–H groups in total. The van der Waals surface area contributed by atoms with Crippen molar-refractivity contribution < 1.29 is 19.1 Å². The molecule has 1 aliphatic heterocycles. The second kappa shape index (κ2) is 9.40. The van der Waals surface area contributed by atoms with Crippen LogP contribution in [0.25, 0.3) is 11.0 Å². The lowest BCUT2D eigenvalue weighted by Gasteiger charge is -2.52. The van der Waals surface area contributed by atoms with Crippen molar-refractivity contribution in [3.05, 3.63) is 75.6 Å². The van der Waals surface area contributed by atoms with Gasteiger partial charge in [0.2, 0.25) is 0 Å². The Hall–Kier alpha value is -3.12. The number of carbonyl (C=O) groups is 1. The molecule has 2 fully saturated rings. The summed E-state index contributed by atoms with van der Waals surface area (Å²) in [5, 5.41) is 12.4. The lowest BCUT2D eigenvalue weighted by Crippen LogP contribution is -2.56. The third-order valence-corrected chi connectivity index (χ3v) is 8.59. The second-order valence-electron chi connectivity index (χ2n) is 10.6. The Morgan fingerprint density at radius 2 is 1.83 bits per heavy atom. The molecule has 1 amide bonds. The van der Waals surface area contributed by atoms with E-state index in [9.17, 15) is 14.7 Å². The molecule has 2 aliphatic carbocycles. The minimum absolute atomic E-state index is 0.0208. The van der Waals surface area contributed by atoms with Gasteiger partial charge in [0.1, 0.15) is 11.3 Å². The first-order valence-corrected chi connectivity index (χ1v) is 13.3. The van der Waals surface area contributed by atoms with E-state index >= 15 is 0 Å². The maximum Gasteiger partial charge on any atom is 0.339 e. The van der Waals surface area contributed by atoms with Gasteiger partial charge in [-0.05, 0) is 68.2 Å². The maximum absolute atomic E-state index is 13.5. The smallest absolute Gasteiger partial charge is 0.339 e. The predicted octanol–water partition coefficient (Wildman–Crippen LogP) is 4.95. The number of ether oxygens (including phenoxy) is 1. The molecule has 3 atom stereocenters. The van der Waals surface area contributed by atoms with E-state index in [1.165, 1.54) is 0 Å². The minimum Gasteiger partial charge on any atom is -0.484 e. The Morgan fingerprint density at radius 3 is 2.67 bits per heavy atom. The molecular formula is C30H33NO5. The van der Waals surface area contributed by atoms with Crippen LogP contribution in [0.15, 0.2) is 57.7 Å². The molecule has 0 unspecified atom stereocenters. The van der Waals surface area contributed by atoms with Crippen molar-refractivity contribution in [2.75, 3.05) is 13.2 Å². The molecule has 2 heterocycles. The van der Waals surface area contributed by atoms with Crippen molar-refractivity contribution in [2.45, 2.75) is 69.4 Å². The van der Waals surface area contributed by atoms with Crippen LogP contribution in [-0.4, -0.2) is 34.7 Å². The van der Waals surface area contributed by atoms with Gasteiger partial charge in [0, 0.05) is 29.5 Å². The zero-order valence-corrected chi connectivity index (χ0v) is 20.6. The van der Waals surface area contributed by atoms with Gasteiger partial charge in [-0.1, -0.05) is 43.2 Å². The van der Waals surface area contributed by atoms with E-state index in [4.69, 9.17) is 9.15 Å². The highest BCUT2D eigenvalue weighted by molar-refractivity contribution is 5.83. The van der Waals surface area contributed by atoms with Crippen LogP contribution in [0.2, 0.25) is 0 Å². The standard InChI is InChI=1S/C30H33NO5/c32-27(19-35-21-13-14-23-22-10-4-5-11-24(22)29(33)36-26(23)18-21)31-17-16-30(34)15-7-6-12-25(30)28(31)20-8-2-1-3-9-20/h1-3,8-9,13-14,18,25,28,34H,4-7,10-12,15-17,19H2/t25-,28-,30-/m1/s1. The predicted molar refractivity (Wildman–Crippen MR) is 137 cm³/mol. The first-order chi connectivity index (χ1) is 17.5. The first kappa shape index (κ1) is 23.3. The number of likely N-dealkylation sites (tertiary alicyclic amines) is 1. The third-order valence-electron chi connectivity index (χ3n) is 8.59. The van der Waals surface area contributed by atoms with Gasteiger partial charge in [0.25, 0.3) is 5.91 Å². The van der Waals surface area contributed by atoms with Crippen molar-refractivity contribution in [2.24, 2.45) is 5.92 Å². The SMILES string of the molecule is O=C(COc1ccc2c3c(c(=O)oc2c1)CCCC3)N1CC[C@]2(O)CCCC[C@@H]2[C@H]1c1ccccc1. The molecule has 0 radical (unpaired) electrons. The number of benzene rings is 2. The summed E-state index contributed by atoms with van der Waals surface area (Å²) in [5.74, 6) is 0.438. The van der Waals surface area contributed by atoms with Gasteiger partial charge >= 0.3 is 5.63 Å². The summed E-state index contributed by atoms with van der Waals surface area (Å²) < 4.78 is 11.6. The van der Waals surface area contributed by atoms with E-state index in [0.717, 1.165) is 73.4 Å². The molecule has 6 nitrogen and oxygen atoms in total. The lowest BCUT2D eigenvalue weighted by molar-refractivity contribution is -0.157. The number of aryl methyl sites for hydroxylation is 1. The Balaban J connectivity index is 1.23. The normalized spacial score (nSPS) is 25.8. The van der Waals surface area contributed by atoms with Crippen molar-refractivity contribution in [1.82, 2.24) is 4.90 Å². The quantitative estimate of drug-likeness (QED) is 0.527. The number of piperidine rings is 1. The van der Waals surface area contributed by atoms with Crippen LogP contribution >= 0.6 is 0 Å². The highest BCUT2D eigenvalue weighted by Crippen LogP contribution is 2.49. The topological polar surface area (TPSA) is 80.0 Å². The van der Waals surface area contributed by atoms with Crippen LogP contribution in [0.5, 0.6) is 5.75 Å². The largest absolute Gasteiger partial charge is 0.484 e.